The largest absolute Gasteiger partial charge is 0.368 e. The first kappa shape index (κ1) is 22.7. The number of nitrogens with one attached hydrogen (secondary N) is 1. The van der Waals surface area contributed by atoms with Crippen molar-refractivity contribution < 1.29 is 4.39 Å². The fourth-order valence-corrected chi connectivity index (χ4v) is 4.02. The number of thioether (sulfide) groups is 1. The zero-order valence-corrected chi connectivity index (χ0v) is 19.5. The van der Waals surface area contributed by atoms with Crippen LogP contribution in [0.4, 0.5) is 22.0 Å². The number of anilines is 3. The fraction of sp³-hybridized carbons (Fsp3) is 0.261. The summed E-state index contributed by atoms with van der Waals surface area (Å²) in [5.74, 6) is 1.91. The minimum atomic E-state index is -0.330. The van der Waals surface area contributed by atoms with Crippen molar-refractivity contribution in [1.82, 2.24) is 29.7 Å². The maximum absolute atomic E-state index is 14.4. The molecule has 2 heterocycles. The number of hydrogen-bond acceptors (Lipinski definition) is 8. The van der Waals surface area contributed by atoms with E-state index in [0.717, 1.165) is 11.3 Å². The van der Waals surface area contributed by atoms with Crippen LogP contribution in [0.5, 0.6) is 0 Å². The van der Waals surface area contributed by atoms with Crippen LogP contribution in [0.25, 0.3) is 11.4 Å². The standard InChI is InChI=1S/C23H25FN8S/c1-14(2)12-32-20(17-6-4-5-7-18(17)24)30-31-23(32)33-13-19-27-21(25)29-22(28-19)26-16-10-8-15(3)9-11-16/h4-11,14H,12-13H2,1-3H3,(H3,25,26,27,28,29). The molecule has 170 valence electrons. The van der Waals surface area contributed by atoms with E-state index in [1.54, 1.807) is 18.2 Å². The van der Waals surface area contributed by atoms with Crippen molar-refractivity contribution in [2.45, 2.75) is 38.2 Å². The van der Waals surface area contributed by atoms with Gasteiger partial charge in [-0.05, 0) is 37.1 Å². The molecule has 2 aromatic carbocycles. The van der Waals surface area contributed by atoms with E-state index >= 15 is 0 Å². The number of aryl methyl sites for hydroxylation is 1. The van der Waals surface area contributed by atoms with Crippen LogP contribution in [-0.2, 0) is 12.3 Å². The van der Waals surface area contributed by atoms with Crippen LogP contribution >= 0.6 is 11.8 Å². The molecular formula is C23H25FN8S. The van der Waals surface area contributed by atoms with Gasteiger partial charge < -0.3 is 15.6 Å². The Bertz CT molecular complexity index is 1240. The van der Waals surface area contributed by atoms with Crippen LogP contribution in [0, 0.1) is 18.7 Å². The third kappa shape index (κ3) is 5.64. The minimum Gasteiger partial charge on any atom is -0.368 e. The molecule has 33 heavy (non-hydrogen) atoms. The topological polar surface area (TPSA) is 107 Å². The van der Waals surface area contributed by atoms with Crippen molar-refractivity contribution >= 4 is 29.3 Å². The molecule has 0 radical (unpaired) electrons. The normalized spacial score (nSPS) is 11.2. The number of nitrogens with two attached hydrogens (primary N) is 1. The molecule has 0 fully saturated rings. The zero-order valence-electron chi connectivity index (χ0n) is 18.7. The number of benzene rings is 2. The first-order chi connectivity index (χ1) is 15.9. The molecule has 0 saturated heterocycles. The first-order valence-electron chi connectivity index (χ1n) is 10.5. The quantitative estimate of drug-likeness (QED) is 0.356. The average Bonchev–Trinajstić information content (AvgIpc) is 3.15. The molecule has 0 atom stereocenters. The summed E-state index contributed by atoms with van der Waals surface area (Å²) in [6, 6.07) is 14.5. The molecule has 3 N–H and O–H groups in total. The van der Waals surface area contributed by atoms with Crippen molar-refractivity contribution in [3.63, 3.8) is 0 Å². The van der Waals surface area contributed by atoms with Gasteiger partial charge in [-0.1, -0.05) is 55.4 Å². The average molecular weight is 465 g/mol. The predicted molar refractivity (Wildman–Crippen MR) is 129 cm³/mol. The van der Waals surface area contributed by atoms with Crippen molar-refractivity contribution in [2.75, 3.05) is 11.1 Å². The van der Waals surface area contributed by atoms with Gasteiger partial charge in [-0.15, -0.1) is 10.2 Å². The Morgan fingerprint density at radius 3 is 2.52 bits per heavy atom. The second-order valence-corrected chi connectivity index (χ2v) is 8.95. The molecule has 0 aliphatic heterocycles. The van der Waals surface area contributed by atoms with Gasteiger partial charge in [-0.2, -0.15) is 15.0 Å². The lowest BCUT2D eigenvalue weighted by atomic mass is 10.2. The second-order valence-electron chi connectivity index (χ2n) is 8.00. The summed E-state index contributed by atoms with van der Waals surface area (Å²) in [5.41, 5.74) is 8.35. The summed E-state index contributed by atoms with van der Waals surface area (Å²) < 4.78 is 16.3. The van der Waals surface area contributed by atoms with Gasteiger partial charge in [0, 0.05) is 12.2 Å². The molecule has 0 aliphatic rings. The Balaban J connectivity index is 1.56. The van der Waals surface area contributed by atoms with E-state index in [9.17, 15) is 4.39 Å². The second kappa shape index (κ2) is 9.95. The molecule has 0 unspecified atom stereocenters. The van der Waals surface area contributed by atoms with E-state index in [1.165, 1.54) is 17.8 Å². The van der Waals surface area contributed by atoms with Gasteiger partial charge in [-0.25, -0.2) is 4.39 Å². The Hall–Kier alpha value is -3.53. The van der Waals surface area contributed by atoms with Gasteiger partial charge in [0.15, 0.2) is 11.0 Å². The number of hydrogen-bond donors (Lipinski definition) is 2. The van der Waals surface area contributed by atoms with Gasteiger partial charge >= 0.3 is 0 Å². The molecule has 0 aliphatic carbocycles. The molecule has 0 spiro atoms. The maximum Gasteiger partial charge on any atom is 0.232 e. The summed E-state index contributed by atoms with van der Waals surface area (Å²) >= 11 is 1.42. The van der Waals surface area contributed by atoms with Crippen LogP contribution < -0.4 is 11.1 Å². The number of rotatable bonds is 8. The molecule has 10 heteroatoms. The number of halogens is 1. The summed E-state index contributed by atoms with van der Waals surface area (Å²) in [7, 11) is 0. The Morgan fingerprint density at radius 2 is 1.79 bits per heavy atom. The fourth-order valence-electron chi connectivity index (χ4n) is 3.22. The lowest BCUT2D eigenvalue weighted by Crippen LogP contribution is -2.09. The van der Waals surface area contributed by atoms with Gasteiger partial charge in [0.1, 0.15) is 11.6 Å². The SMILES string of the molecule is Cc1ccc(Nc2nc(N)nc(CSc3nnc(-c4ccccc4F)n3CC(C)C)n2)cc1. The van der Waals surface area contributed by atoms with Crippen LogP contribution in [-0.4, -0.2) is 29.7 Å². The van der Waals surface area contributed by atoms with Gasteiger partial charge in [-0.3, -0.25) is 0 Å². The molecule has 4 aromatic rings. The lowest BCUT2D eigenvalue weighted by Gasteiger charge is -2.13. The third-order valence-electron chi connectivity index (χ3n) is 4.72. The molecule has 4 rings (SSSR count). The first-order valence-corrected chi connectivity index (χ1v) is 11.5. The highest BCUT2D eigenvalue weighted by molar-refractivity contribution is 7.98. The van der Waals surface area contributed by atoms with Crippen molar-refractivity contribution in [1.29, 1.82) is 0 Å². The number of nitrogens with zero attached hydrogens (tertiary/aromatic N) is 6. The summed E-state index contributed by atoms with van der Waals surface area (Å²) in [4.78, 5) is 12.9. The smallest absolute Gasteiger partial charge is 0.232 e. The molecule has 8 nitrogen and oxygen atoms in total. The molecule has 0 amide bonds. The number of nitrogen functional groups attached to an aromatic ring is 1. The lowest BCUT2D eigenvalue weighted by molar-refractivity contribution is 0.496. The van der Waals surface area contributed by atoms with Gasteiger partial charge in [0.2, 0.25) is 11.9 Å². The van der Waals surface area contributed by atoms with Crippen LogP contribution in [0.15, 0.2) is 53.7 Å². The van der Waals surface area contributed by atoms with Gasteiger partial charge in [0.05, 0.1) is 11.3 Å². The van der Waals surface area contributed by atoms with Crippen molar-refractivity contribution in [3.8, 4) is 11.4 Å². The number of aromatic nitrogens is 6. The highest BCUT2D eigenvalue weighted by Gasteiger charge is 2.18. The summed E-state index contributed by atoms with van der Waals surface area (Å²) in [6.07, 6.45) is 0. The van der Waals surface area contributed by atoms with Crippen LogP contribution in [0.3, 0.4) is 0 Å². The zero-order chi connectivity index (χ0) is 23.4. The monoisotopic (exact) mass is 464 g/mol. The Morgan fingerprint density at radius 1 is 1.03 bits per heavy atom. The van der Waals surface area contributed by atoms with E-state index in [1.807, 2.05) is 35.8 Å². The Kier molecular flexibility index (Phi) is 6.83. The predicted octanol–water partition coefficient (Wildman–Crippen LogP) is 4.85. The van der Waals surface area contributed by atoms with E-state index in [-0.39, 0.29) is 11.8 Å². The van der Waals surface area contributed by atoms with Crippen molar-refractivity contribution in [2.24, 2.45) is 5.92 Å². The maximum atomic E-state index is 14.4. The summed E-state index contributed by atoms with van der Waals surface area (Å²) in [5, 5.41) is 12.4. The van der Waals surface area contributed by atoms with Crippen LogP contribution in [0.1, 0.15) is 25.2 Å². The minimum absolute atomic E-state index is 0.130. The highest BCUT2D eigenvalue weighted by Crippen LogP contribution is 2.28. The molecule has 0 bridgehead atoms. The third-order valence-corrected chi connectivity index (χ3v) is 5.68. The van der Waals surface area contributed by atoms with Crippen molar-refractivity contribution in [3.05, 3.63) is 65.7 Å². The Labute approximate surface area is 195 Å². The molecule has 2 aromatic heterocycles. The summed E-state index contributed by atoms with van der Waals surface area (Å²) in [6.45, 7) is 6.86. The van der Waals surface area contributed by atoms with E-state index < -0.39 is 0 Å². The van der Waals surface area contributed by atoms with E-state index in [2.05, 4.69) is 44.3 Å². The van der Waals surface area contributed by atoms with E-state index in [4.69, 9.17) is 5.73 Å². The van der Waals surface area contributed by atoms with Crippen LogP contribution in [0.2, 0.25) is 0 Å². The highest BCUT2D eigenvalue weighted by atomic mass is 32.2. The van der Waals surface area contributed by atoms with E-state index in [0.29, 0.717) is 46.5 Å². The molecule has 0 saturated carbocycles. The van der Waals surface area contributed by atoms with Gasteiger partial charge in [0.25, 0.3) is 0 Å². The molecular weight excluding hydrogens is 439 g/mol.